The van der Waals surface area contributed by atoms with Gasteiger partial charge in [0, 0.05) is 16.0 Å². The summed E-state index contributed by atoms with van der Waals surface area (Å²) in [4.78, 5) is 12.8. The van der Waals surface area contributed by atoms with E-state index in [9.17, 15) is 17.6 Å². The first-order valence-corrected chi connectivity index (χ1v) is 12.3. The molecule has 3 aromatic rings. The maximum Gasteiger partial charge on any atom is 0.243 e. The number of carbonyl (C=O) groups excluding carboxylic acids is 1. The maximum atomic E-state index is 13.3. The van der Waals surface area contributed by atoms with Crippen molar-refractivity contribution in [3.8, 4) is 0 Å². The Morgan fingerprint density at radius 1 is 1.03 bits per heavy atom. The molecule has 0 aliphatic carbocycles. The number of nitrogens with one attached hydrogen (secondary N) is 1. The minimum absolute atomic E-state index is 0.0105. The van der Waals surface area contributed by atoms with Gasteiger partial charge in [-0.25, -0.2) is 12.8 Å². The number of nitrogens with zero attached hydrogens (tertiary/aromatic N) is 1. The van der Waals surface area contributed by atoms with Crippen molar-refractivity contribution in [3.05, 3.63) is 99.2 Å². The number of sulfonamides is 1. The van der Waals surface area contributed by atoms with Crippen LogP contribution >= 0.6 is 27.5 Å². The molecule has 1 unspecified atom stereocenters. The number of hydrogen-bond acceptors (Lipinski definition) is 3. The standard InChI is InChI=1S/C23H21BrClFN2O3S/c1-16(18-4-10-21(26)11-5-18)27-23(29)15-28(14-17-2-6-19(24)7-3-17)32(30,31)22-12-8-20(25)9-13-22/h2-13,16H,14-15H2,1H3,(H,27,29). The van der Waals surface area contributed by atoms with Crippen LogP contribution in [0.5, 0.6) is 0 Å². The van der Waals surface area contributed by atoms with Crippen LogP contribution in [0.3, 0.4) is 0 Å². The third-order valence-electron chi connectivity index (χ3n) is 4.79. The maximum absolute atomic E-state index is 13.3. The summed E-state index contributed by atoms with van der Waals surface area (Å²) in [6.07, 6.45) is 0. The van der Waals surface area contributed by atoms with Gasteiger partial charge in [-0.15, -0.1) is 0 Å². The fraction of sp³-hybridized carbons (Fsp3) is 0.174. The first-order valence-electron chi connectivity index (χ1n) is 9.70. The Morgan fingerprint density at radius 3 is 2.22 bits per heavy atom. The first-order chi connectivity index (χ1) is 15.1. The molecule has 0 radical (unpaired) electrons. The average molecular weight is 540 g/mol. The third kappa shape index (κ3) is 6.38. The van der Waals surface area contributed by atoms with Crippen molar-refractivity contribution in [3.63, 3.8) is 0 Å². The van der Waals surface area contributed by atoms with Gasteiger partial charge < -0.3 is 5.32 Å². The van der Waals surface area contributed by atoms with Crippen LogP contribution in [0.4, 0.5) is 4.39 Å². The lowest BCUT2D eigenvalue weighted by Gasteiger charge is -2.23. The predicted octanol–water partition coefficient (Wildman–Crippen LogP) is 5.31. The predicted molar refractivity (Wildman–Crippen MR) is 126 cm³/mol. The summed E-state index contributed by atoms with van der Waals surface area (Å²) in [6.45, 7) is 1.38. The van der Waals surface area contributed by atoms with Crippen LogP contribution < -0.4 is 5.32 Å². The van der Waals surface area contributed by atoms with E-state index in [0.717, 1.165) is 14.3 Å². The van der Waals surface area contributed by atoms with Crippen molar-refractivity contribution in [2.75, 3.05) is 6.54 Å². The number of benzene rings is 3. The van der Waals surface area contributed by atoms with Crippen LogP contribution in [-0.2, 0) is 21.4 Å². The minimum Gasteiger partial charge on any atom is -0.348 e. The number of halogens is 3. The topological polar surface area (TPSA) is 66.5 Å². The van der Waals surface area contributed by atoms with E-state index in [4.69, 9.17) is 11.6 Å². The summed E-state index contributed by atoms with van der Waals surface area (Å²) in [6, 6.07) is 18.3. The smallest absolute Gasteiger partial charge is 0.243 e. The Kier molecular flexibility index (Phi) is 8.05. The molecule has 32 heavy (non-hydrogen) atoms. The molecule has 0 aromatic heterocycles. The minimum atomic E-state index is -3.97. The van der Waals surface area contributed by atoms with Crippen LogP contribution in [-0.4, -0.2) is 25.2 Å². The molecule has 1 amide bonds. The second-order valence-corrected chi connectivity index (χ2v) is 10.5. The molecule has 3 rings (SSSR count). The number of hydrogen-bond donors (Lipinski definition) is 1. The summed E-state index contributed by atoms with van der Waals surface area (Å²) < 4.78 is 41.7. The molecular formula is C23H21BrClFN2O3S. The van der Waals surface area contributed by atoms with Crippen molar-refractivity contribution in [2.24, 2.45) is 0 Å². The van der Waals surface area contributed by atoms with Crippen molar-refractivity contribution in [1.29, 1.82) is 0 Å². The molecule has 0 fully saturated rings. The van der Waals surface area contributed by atoms with Gasteiger partial charge in [-0.3, -0.25) is 4.79 Å². The molecule has 1 atom stereocenters. The van der Waals surface area contributed by atoms with E-state index in [2.05, 4.69) is 21.2 Å². The van der Waals surface area contributed by atoms with E-state index in [1.807, 2.05) is 0 Å². The molecule has 168 valence electrons. The SMILES string of the molecule is CC(NC(=O)CN(Cc1ccc(Br)cc1)S(=O)(=O)c1ccc(Cl)cc1)c1ccc(F)cc1. The average Bonchev–Trinajstić information content (AvgIpc) is 2.75. The van der Waals surface area contributed by atoms with Crippen molar-refractivity contribution < 1.29 is 17.6 Å². The highest BCUT2D eigenvalue weighted by Gasteiger charge is 2.27. The van der Waals surface area contributed by atoms with E-state index < -0.39 is 22.0 Å². The van der Waals surface area contributed by atoms with E-state index in [0.29, 0.717) is 10.6 Å². The normalized spacial score (nSPS) is 12.5. The quantitative estimate of drug-likeness (QED) is 0.422. The molecule has 9 heteroatoms. The van der Waals surface area contributed by atoms with E-state index in [-0.39, 0.29) is 23.8 Å². The lowest BCUT2D eigenvalue weighted by Crippen LogP contribution is -2.41. The Hall–Kier alpha value is -2.26. The van der Waals surface area contributed by atoms with Crippen molar-refractivity contribution in [2.45, 2.75) is 24.4 Å². The van der Waals surface area contributed by atoms with Gasteiger partial charge in [0.2, 0.25) is 15.9 Å². The van der Waals surface area contributed by atoms with Crippen LogP contribution in [0.15, 0.2) is 82.2 Å². The van der Waals surface area contributed by atoms with Crippen molar-refractivity contribution in [1.82, 2.24) is 9.62 Å². The third-order valence-corrected chi connectivity index (χ3v) is 7.38. The number of amides is 1. The van der Waals surface area contributed by atoms with Crippen molar-refractivity contribution >= 4 is 43.5 Å². The van der Waals surface area contributed by atoms with Gasteiger partial charge in [0.15, 0.2) is 0 Å². The summed E-state index contributed by atoms with van der Waals surface area (Å²) in [5.41, 5.74) is 1.44. The highest BCUT2D eigenvalue weighted by molar-refractivity contribution is 9.10. The summed E-state index contributed by atoms with van der Waals surface area (Å²) in [5, 5.41) is 3.19. The van der Waals surface area contributed by atoms with Crippen LogP contribution in [0, 0.1) is 5.82 Å². The van der Waals surface area contributed by atoms with Gasteiger partial charge in [0.05, 0.1) is 17.5 Å². The molecule has 0 bridgehead atoms. The zero-order chi connectivity index (χ0) is 23.3. The monoisotopic (exact) mass is 538 g/mol. The summed E-state index contributed by atoms with van der Waals surface area (Å²) >= 11 is 9.25. The largest absolute Gasteiger partial charge is 0.348 e. The molecule has 0 saturated heterocycles. The molecule has 0 saturated carbocycles. The van der Waals surface area contributed by atoms with E-state index >= 15 is 0 Å². The molecule has 5 nitrogen and oxygen atoms in total. The van der Waals surface area contributed by atoms with E-state index in [1.165, 1.54) is 36.4 Å². The fourth-order valence-corrected chi connectivity index (χ4v) is 4.83. The van der Waals surface area contributed by atoms with Gasteiger partial charge in [-0.05, 0) is 66.6 Å². The number of rotatable bonds is 8. The molecule has 3 aromatic carbocycles. The molecule has 0 aliphatic rings. The Morgan fingerprint density at radius 2 is 1.62 bits per heavy atom. The van der Waals surface area contributed by atoms with Gasteiger partial charge in [-0.1, -0.05) is 51.8 Å². The van der Waals surface area contributed by atoms with Crippen LogP contribution in [0.2, 0.25) is 5.02 Å². The van der Waals surface area contributed by atoms with Gasteiger partial charge >= 0.3 is 0 Å². The first kappa shape index (κ1) is 24.4. The zero-order valence-corrected chi connectivity index (χ0v) is 20.3. The zero-order valence-electron chi connectivity index (χ0n) is 17.1. The Labute approximate surface area is 200 Å². The fourth-order valence-electron chi connectivity index (χ4n) is 3.06. The molecule has 0 heterocycles. The lowest BCUT2D eigenvalue weighted by molar-refractivity contribution is -0.122. The van der Waals surface area contributed by atoms with Crippen LogP contribution in [0.25, 0.3) is 0 Å². The summed E-state index contributed by atoms with van der Waals surface area (Å²) in [7, 11) is -3.97. The molecule has 1 N–H and O–H groups in total. The number of carbonyl (C=O) groups is 1. The summed E-state index contributed by atoms with van der Waals surface area (Å²) in [5.74, 6) is -0.849. The Balaban J connectivity index is 1.82. The van der Waals surface area contributed by atoms with Gasteiger partial charge in [0.1, 0.15) is 5.82 Å². The second-order valence-electron chi connectivity index (χ2n) is 7.19. The molecule has 0 aliphatic heterocycles. The lowest BCUT2D eigenvalue weighted by atomic mass is 10.1. The van der Waals surface area contributed by atoms with Gasteiger partial charge in [-0.2, -0.15) is 4.31 Å². The van der Waals surface area contributed by atoms with Crippen LogP contribution in [0.1, 0.15) is 24.1 Å². The Bertz CT molecular complexity index is 1170. The van der Waals surface area contributed by atoms with E-state index in [1.54, 1.807) is 43.3 Å². The van der Waals surface area contributed by atoms with Gasteiger partial charge in [0.25, 0.3) is 0 Å². The highest BCUT2D eigenvalue weighted by atomic mass is 79.9. The molecular weight excluding hydrogens is 519 g/mol. The second kappa shape index (κ2) is 10.6. The highest BCUT2D eigenvalue weighted by Crippen LogP contribution is 2.22. The molecule has 0 spiro atoms.